The molecule has 0 saturated heterocycles. The number of hydrogen-bond donors (Lipinski definition) is 2. The fraction of sp³-hybridized carbons (Fsp3) is 0.647. The highest BCUT2D eigenvalue weighted by molar-refractivity contribution is 5.69. The molecule has 0 atom stereocenters. The molecule has 0 unspecified atom stereocenters. The van der Waals surface area contributed by atoms with Crippen molar-refractivity contribution in [3.05, 3.63) is 23.5 Å². The van der Waals surface area contributed by atoms with Crippen molar-refractivity contribution in [2.24, 2.45) is 7.05 Å². The predicted octanol–water partition coefficient (Wildman–Crippen LogP) is 2.43. The number of nitrogens with one attached hydrogen (secondary N) is 2. The number of nitriles is 1. The third-order valence-corrected chi connectivity index (χ3v) is 4.05. The lowest BCUT2D eigenvalue weighted by atomic mass is 9.76. The van der Waals surface area contributed by atoms with Crippen LogP contribution in [-0.4, -0.2) is 28.3 Å². The molecule has 23 heavy (non-hydrogen) atoms. The summed E-state index contributed by atoms with van der Waals surface area (Å²) in [5.41, 5.74) is 1.01. The summed E-state index contributed by atoms with van der Waals surface area (Å²) >= 11 is 0. The van der Waals surface area contributed by atoms with Crippen molar-refractivity contribution < 1.29 is 9.53 Å². The van der Waals surface area contributed by atoms with E-state index in [-0.39, 0.29) is 11.6 Å². The number of carbonyl (C=O) groups excluding carboxylic acids is 1. The van der Waals surface area contributed by atoms with Crippen LogP contribution in [0.4, 0.5) is 4.79 Å². The van der Waals surface area contributed by atoms with Gasteiger partial charge in [0.05, 0.1) is 5.54 Å². The van der Waals surface area contributed by atoms with Crippen LogP contribution in [0.5, 0.6) is 0 Å². The van der Waals surface area contributed by atoms with E-state index in [1.54, 1.807) is 0 Å². The highest BCUT2D eigenvalue weighted by atomic mass is 16.6. The summed E-state index contributed by atoms with van der Waals surface area (Å²) in [6, 6.07) is 4.03. The second kappa shape index (κ2) is 6.63. The summed E-state index contributed by atoms with van der Waals surface area (Å²) in [5, 5.41) is 15.4. The smallest absolute Gasteiger partial charge is 0.408 e. The minimum absolute atomic E-state index is 0.213. The van der Waals surface area contributed by atoms with Gasteiger partial charge in [0.25, 0.3) is 0 Å². The first-order valence-electron chi connectivity index (χ1n) is 8.00. The second-order valence-corrected chi connectivity index (χ2v) is 7.32. The number of amides is 1. The van der Waals surface area contributed by atoms with Gasteiger partial charge in [0.15, 0.2) is 0 Å². The molecule has 1 aromatic rings. The van der Waals surface area contributed by atoms with E-state index >= 15 is 0 Å². The molecule has 1 aromatic heterocycles. The lowest BCUT2D eigenvalue weighted by molar-refractivity contribution is 0.0382. The van der Waals surface area contributed by atoms with Gasteiger partial charge in [-0.15, -0.1) is 0 Å². The van der Waals surface area contributed by atoms with Crippen molar-refractivity contribution >= 4 is 6.09 Å². The SMILES string of the molecule is Cn1cc(CNCC2(NC(=O)OC(C)(C)C)CCC2)cc1C#N. The van der Waals surface area contributed by atoms with E-state index in [4.69, 9.17) is 10.00 Å². The van der Waals surface area contributed by atoms with Crippen LogP contribution in [0.15, 0.2) is 12.3 Å². The molecule has 1 fully saturated rings. The maximum atomic E-state index is 12.0. The van der Waals surface area contributed by atoms with E-state index in [9.17, 15) is 4.79 Å². The Hall–Kier alpha value is -2.00. The highest BCUT2D eigenvalue weighted by Gasteiger charge is 2.39. The standard InChI is InChI=1S/C17H26N4O2/c1-16(2,3)23-15(22)20-17(6-5-7-17)12-19-10-13-8-14(9-18)21(4)11-13/h8,11,19H,5-7,10,12H2,1-4H3,(H,20,22). The topological polar surface area (TPSA) is 79.1 Å². The van der Waals surface area contributed by atoms with Crippen molar-refractivity contribution in [3.8, 4) is 6.07 Å². The Morgan fingerprint density at radius 3 is 2.65 bits per heavy atom. The summed E-state index contributed by atoms with van der Waals surface area (Å²) in [7, 11) is 1.86. The molecule has 6 nitrogen and oxygen atoms in total. The van der Waals surface area contributed by atoms with E-state index in [0.29, 0.717) is 18.8 Å². The predicted molar refractivity (Wildman–Crippen MR) is 87.8 cm³/mol. The third kappa shape index (κ3) is 4.73. The van der Waals surface area contributed by atoms with Gasteiger partial charge in [0.1, 0.15) is 17.4 Å². The fourth-order valence-electron chi connectivity index (χ4n) is 2.76. The highest BCUT2D eigenvalue weighted by Crippen LogP contribution is 2.31. The van der Waals surface area contributed by atoms with Crippen LogP contribution in [0.2, 0.25) is 0 Å². The molecule has 2 rings (SSSR count). The van der Waals surface area contributed by atoms with E-state index in [1.165, 1.54) is 0 Å². The molecule has 6 heteroatoms. The van der Waals surface area contributed by atoms with E-state index in [1.807, 2.05) is 44.6 Å². The molecular formula is C17H26N4O2. The lowest BCUT2D eigenvalue weighted by Gasteiger charge is -2.42. The number of rotatable bonds is 5. The summed E-state index contributed by atoms with van der Waals surface area (Å²) in [6.07, 6.45) is 4.61. The number of aryl methyl sites for hydroxylation is 1. The van der Waals surface area contributed by atoms with E-state index in [0.717, 1.165) is 24.8 Å². The Kier molecular flexibility index (Phi) is 5.00. The van der Waals surface area contributed by atoms with Crippen LogP contribution >= 0.6 is 0 Å². The zero-order valence-corrected chi connectivity index (χ0v) is 14.4. The largest absolute Gasteiger partial charge is 0.444 e. The van der Waals surface area contributed by atoms with Gasteiger partial charge in [-0.3, -0.25) is 0 Å². The first-order valence-corrected chi connectivity index (χ1v) is 8.00. The number of ether oxygens (including phenoxy) is 1. The van der Waals surface area contributed by atoms with Crippen molar-refractivity contribution in [3.63, 3.8) is 0 Å². The minimum atomic E-state index is -0.486. The molecule has 1 aliphatic rings. The Morgan fingerprint density at radius 2 is 2.17 bits per heavy atom. The maximum absolute atomic E-state index is 12.0. The molecule has 1 saturated carbocycles. The molecule has 1 heterocycles. The Bertz CT molecular complexity index is 603. The third-order valence-electron chi connectivity index (χ3n) is 4.05. The normalized spacial score (nSPS) is 16.3. The summed E-state index contributed by atoms with van der Waals surface area (Å²) < 4.78 is 7.16. The van der Waals surface area contributed by atoms with Crippen LogP contribution in [0, 0.1) is 11.3 Å². The second-order valence-electron chi connectivity index (χ2n) is 7.32. The summed E-state index contributed by atoms with van der Waals surface area (Å²) in [4.78, 5) is 12.0. The van der Waals surface area contributed by atoms with Gasteiger partial charge in [0.2, 0.25) is 0 Å². The van der Waals surface area contributed by atoms with Crippen LogP contribution in [-0.2, 0) is 18.3 Å². The summed E-state index contributed by atoms with van der Waals surface area (Å²) in [6.45, 7) is 6.96. The fourth-order valence-corrected chi connectivity index (χ4v) is 2.76. The molecule has 1 aliphatic carbocycles. The van der Waals surface area contributed by atoms with Gasteiger partial charge in [-0.25, -0.2) is 4.79 Å². The number of alkyl carbamates (subject to hydrolysis) is 1. The number of hydrogen-bond acceptors (Lipinski definition) is 4. The Labute approximate surface area is 137 Å². The number of nitrogens with zero attached hydrogens (tertiary/aromatic N) is 2. The molecule has 0 spiro atoms. The zero-order valence-electron chi connectivity index (χ0n) is 14.4. The lowest BCUT2D eigenvalue weighted by Crippen LogP contribution is -2.59. The van der Waals surface area contributed by atoms with Gasteiger partial charge < -0.3 is 19.9 Å². The molecule has 126 valence electrons. The Balaban J connectivity index is 1.84. The van der Waals surface area contributed by atoms with Crippen molar-refractivity contribution in [1.82, 2.24) is 15.2 Å². The summed E-state index contributed by atoms with van der Waals surface area (Å²) in [5.74, 6) is 0. The zero-order chi connectivity index (χ0) is 17.1. The molecular weight excluding hydrogens is 292 g/mol. The first kappa shape index (κ1) is 17.4. The monoisotopic (exact) mass is 318 g/mol. The molecule has 0 radical (unpaired) electrons. The van der Waals surface area contributed by atoms with Crippen molar-refractivity contribution in [2.75, 3.05) is 6.54 Å². The molecule has 1 amide bonds. The van der Waals surface area contributed by atoms with Crippen molar-refractivity contribution in [2.45, 2.75) is 57.7 Å². The van der Waals surface area contributed by atoms with Crippen LogP contribution in [0.1, 0.15) is 51.3 Å². The number of carbonyl (C=O) groups is 1. The van der Waals surface area contributed by atoms with Gasteiger partial charge >= 0.3 is 6.09 Å². The van der Waals surface area contributed by atoms with Crippen molar-refractivity contribution in [1.29, 1.82) is 5.26 Å². The molecule has 0 aromatic carbocycles. The van der Waals surface area contributed by atoms with Gasteiger partial charge in [0, 0.05) is 26.3 Å². The van der Waals surface area contributed by atoms with E-state index < -0.39 is 5.60 Å². The molecule has 0 aliphatic heterocycles. The molecule has 2 N–H and O–H groups in total. The average molecular weight is 318 g/mol. The van der Waals surface area contributed by atoms with Gasteiger partial charge in [-0.2, -0.15) is 5.26 Å². The minimum Gasteiger partial charge on any atom is -0.444 e. The van der Waals surface area contributed by atoms with Gasteiger partial charge in [-0.1, -0.05) is 0 Å². The first-order chi connectivity index (χ1) is 10.7. The Morgan fingerprint density at radius 1 is 1.48 bits per heavy atom. The quantitative estimate of drug-likeness (QED) is 0.874. The van der Waals surface area contributed by atoms with Gasteiger partial charge in [-0.05, 0) is 51.7 Å². The number of aromatic nitrogens is 1. The van der Waals surface area contributed by atoms with Crippen LogP contribution in [0.25, 0.3) is 0 Å². The maximum Gasteiger partial charge on any atom is 0.408 e. The molecule has 0 bridgehead atoms. The van der Waals surface area contributed by atoms with E-state index in [2.05, 4.69) is 16.7 Å². The average Bonchev–Trinajstić information content (AvgIpc) is 2.74. The van der Waals surface area contributed by atoms with Crippen LogP contribution in [0.3, 0.4) is 0 Å². The van der Waals surface area contributed by atoms with Crippen LogP contribution < -0.4 is 10.6 Å².